The number of allylic oxidation sites excluding steroid dienone is 1. The van der Waals surface area contributed by atoms with Crippen LogP contribution in [0.1, 0.15) is 18.5 Å². The second-order valence-electron chi connectivity index (χ2n) is 8.40. The van der Waals surface area contributed by atoms with Gasteiger partial charge in [-0.05, 0) is 49.4 Å². The molecule has 0 bridgehead atoms. The van der Waals surface area contributed by atoms with E-state index in [1.807, 2.05) is 79.7 Å². The highest BCUT2D eigenvalue weighted by atomic mass is 16.5. The van der Waals surface area contributed by atoms with Gasteiger partial charge in [-0.1, -0.05) is 30.3 Å². The molecule has 0 radical (unpaired) electrons. The molecule has 37 heavy (non-hydrogen) atoms. The van der Waals surface area contributed by atoms with Gasteiger partial charge in [0.15, 0.2) is 17.3 Å². The van der Waals surface area contributed by atoms with Crippen molar-refractivity contribution in [3.8, 4) is 28.6 Å². The third-order valence-electron chi connectivity index (χ3n) is 6.21. The molecule has 0 aliphatic carbocycles. The molecule has 0 saturated heterocycles. The Morgan fingerprint density at radius 3 is 2.35 bits per heavy atom. The monoisotopic (exact) mass is 497 g/mol. The highest BCUT2D eigenvalue weighted by Crippen LogP contribution is 2.43. The first-order valence-corrected chi connectivity index (χ1v) is 11.7. The minimum Gasteiger partial charge on any atom is -0.497 e. The van der Waals surface area contributed by atoms with E-state index in [1.54, 1.807) is 26.0 Å². The number of anilines is 2. The quantitative estimate of drug-likeness (QED) is 0.375. The van der Waals surface area contributed by atoms with Gasteiger partial charge in [0.05, 0.1) is 26.9 Å². The van der Waals surface area contributed by atoms with Crippen molar-refractivity contribution in [2.24, 2.45) is 0 Å². The average molecular weight is 498 g/mol. The van der Waals surface area contributed by atoms with E-state index in [1.165, 1.54) is 0 Å². The number of hydrogen-bond acceptors (Lipinski definition) is 7. The molecule has 1 atom stereocenters. The summed E-state index contributed by atoms with van der Waals surface area (Å²) >= 11 is 0. The Morgan fingerprint density at radius 1 is 0.919 bits per heavy atom. The van der Waals surface area contributed by atoms with Crippen molar-refractivity contribution in [3.63, 3.8) is 0 Å². The van der Waals surface area contributed by atoms with Gasteiger partial charge in [0.1, 0.15) is 11.8 Å². The van der Waals surface area contributed by atoms with Gasteiger partial charge in [-0.25, -0.2) is 4.68 Å². The lowest BCUT2D eigenvalue weighted by molar-refractivity contribution is -0.113. The van der Waals surface area contributed by atoms with E-state index in [9.17, 15) is 4.79 Å². The predicted octanol–water partition coefficient (Wildman–Crippen LogP) is 4.90. The van der Waals surface area contributed by atoms with Crippen molar-refractivity contribution in [3.05, 3.63) is 89.6 Å². The Hall–Kier alpha value is -4.79. The maximum absolute atomic E-state index is 13.7. The molecule has 1 aliphatic rings. The summed E-state index contributed by atoms with van der Waals surface area (Å²) in [6.45, 7) is 1.85. The zero-order valence-corrected chi connectivity index (χ0v) is 21.0. The van der Waals surface area contributed by atoms with Gasteiger partial charge in [-0.15, -0.1) is 5.10 Å². The molecule has 2 heterocycles. The van der Waals surface area contributed by atoms with Gasteiger partial charge in [-0.3, -0.25) is 4.79 Å². The minimum absolute atomic E-state index is 0.266. The number of amides is 1. The van der Waals surface area contributed by atoms with Crippen molar-refractivity contribution >= 4 is 17.5 Å². The fraction of sp³-hybridized carbons (Fsp3) is 0.179. The Bertz CT molecular complexity index is 1460. The lowest BCUT2D eigenvalue weighted by Crippen LogP contribution is -2.31. The molecule has 0 saturated carbocycles. The number of aromatic nitrogens is 3. The van der Waals surface area contributed by atoms with Crippen molar-refractivity contribution < 1.29 is 19.0 Å². The molecule has 1 aliphatic heterocycles. The molecular weight excluding hydrogens is 470 g/mol. The van der Waals surface area contributed by atoms with Crippen LogP contribution in [0.25, 0.3) is 11.4 Å². The van der Waals surface area contributed by atoms with E-state index in [0.29, 0.717) is 45.8 Å². The lowest BCUT2D eigenvalue weighted by atomic mass is 9.94. The van der Waals surface area contributed by atoms with Crippen LogP contribution in [0.15, 0.2) is 84.1 Å². The zero-order valence-electron chi connectivity index (χ0n) is 21.0. The summed E-state index contributed by atoms with van der Waals surface area (Å²) in [5, 5.41) is 11.1. The maximum atomic E-state index is 13.7. The Labute approximate surface area is 214 Å². The van der Waals surface area contributed by atoms with E-state index in [-0.39, 0.29) is 5.91 Å². The number of rotatable bonds is 7. The highest BCUT2D eigenvalue weighted by Gasteiger charge is 2.36. The number of benzene rings is 3. The SMILES string of the molecule is COc1ccc(-c2nc3n(n2)C(c2cccc(OC)c2OC)C(C(=O)Nc2ccccc2)=C(C)N3)cc1. The topological polar surface area (TPSA) is 99.5 Å². The Balaban J connectivity index is 1.65. The molecule has 2 N–H and O–H groups in total. The first-order chi connectivity index (χ1) is 18.0. The first kappa shape index (κ1) is 23.9. The van der Waals surface area contributed by atoms with Crippen LogP contribution in [0.4, 0.5) is 11.6 Å². The molecule has 188 valence electrons. The van der Waals surface area contributed by atoms with Crippen molar-refractivity contribution in [1.29, 1.82) is 0 Å². The number of fused-ring (bicyclic) bond motifs is 1. The van der Waals surface area contributed by atoms with Gasteiger partial charge in [-0.2, -0.15) is 4.98 Å². The van der Waals surface area contributed by atoms with Crippen LogP contribution in [-0.4, -0.2) is 42.0 Å². The normalized spacial score (nSPS) is 14.4. The Kier molecular flexibility index (Phi) is 6.51. The number of nitrogens with one attached hydrogen (secondary N) is 2. The molecule has 0 spiro atoms. The van der Waals surface area contributed by atoms with Crippen LogP contribution < -0.4 is 24.8 Å². The van der Waals surface area contributed by atoms with Gasteiger partial charge >= 0.3 is 0 Å². The molecule has 4 aromatic rings. The Morgan fingerprint density at radius 2 is 1.68 bits per heavy atom. The first-order valence-electron chi connectivity index (χ1n) is 11.7. The van der Waals surface area contributed by atoms with Gasteiger partial charge < -0.3 is 24.8 Å². The minimum atomic E-state index is -0.635. The fourth-order valence-corrected chi connectivity index (χ4v) is 4.44. The molecule has 1 unspecified atom stereocenters. The lowest BCUT2D eigenvalue weighted by Gasteiger charge is -2.30. The summed E-state index contributed by atoms with van der Waals surface area (Å²) in [5.74, 6) is 2.56. The second-order valence-corrected chi connectivity index (χ2v) is 8.40. The number of carbonyl (C=O) groups is 1. The third kappa shape index (κ3) is 4.47. The van der Waals surface area contributed by atoms with Crippen LogP contribution in [-0.2, 0) is 4.79 Å². The number of nitrogens with zero attached hydrogens (tertiary/aromatic N) is 3. The van der Waals surface area contributed by atoms with Gasteiger partial charge in [0.2, 0.25) is 5.95 Å². The van der Waals surface area contributed by atoms with E-state index >= 15 is 0 Å². The van der Waals surface area contributed by atoms with Gasteiger partial charge in [0.25, 0.3) is 5.91 Å². The summed E-state index contributed by atoms with van der Waals surface area (Å²) in [6, 6.07) is 21.8. The summed E-state index contributed by atoms with van der Waals surface area (Å²) in [7, 11) is 4.78. The van der Waals surface area contributed by atoms with E-state index in [2.05, 4.69) is 10.6 Å². The van der Waals surface area contributed by atoms with E-state index in [4.69, 9.17) is 24.3 Å². The molecular formula is C28H27N5O4. The second kappa shape index (κ2) is 10.1. The molecule has 3 aromatic carbocycles. The number of methoxy groups -OCH3 is 3. The predicted molar refractivity (Wildman–Crippen MR) is 141 cm³/mol. The summed E-state index contributed by atoms with van der Waals surface area (Å²) in [6.07, 6.45) is 0. The highest BCUT2D eigenvalue weighted by molar-refractivity contribution is 6.06. The van der Waals surface area contributed by atoms with Crippen molar-refractivity contribution in [2.45, 2.75) is 13.0 Å². The summed E-state index contributed by atoms with van der Waals surface area (Å²) in [4.78, 5) is 18.5. The fourth-order valence-electron chi connectivity index (χ4n) is 4.44. The molecule has 0 fully saturated rings. The van der Waals surface area contributed by atoms with Crippen LogP contribution >= 0.6 is 0 Å². The third-order valence-corrected chi connectivity index (χ3v) is 6.21. The van der Waals surface area contributed by atoms with E-state index in [0.717, 1.165) is 11.3 Å². The average Bonchev–Trinajstić information content (AvgIpc) is 3.35. The number of carbonyl (C=O) groups excluding carboxylic acids is 1. The molecule has 1 aromatic heterocycles. The molecule has 1 amide bonds. The molecule has 9 heteroatoms. The van der Waals surface area contributed by atoms with Crippen molar-refractivity contribution in [1.82, 2.24) is 14.8 Å². The smallest absolute Gasteiger partial charge is 0.255 e. The largest absolute Gasteiger partial charge is 0.497 e. The van der Waals surface area contributed by atoms with Crippen molar-refractivity contribution in [2.75, 3.05) is 32.0 Å². The summed E-state index contributed by atoms with van der Waals surface area (Å²) < 4.78 is 18.3. The van der Waals surface area contributed by atoms with Crippen LogP contribution in [0, 0.1) is 0 Å². The number of hydrogen-bond donors (Lipinski definition) is 2. The summed E-state index contributed by atoms with van der Waals surface area (Å²) in [5.41, 5.74) is 3.35. The number of para-hydroxylation sites is 2. The molecule has 5 rings (SSSR count). The van der Waals surface area contributed by atoms with Crippen LogP contribution in [0.2, 0.25) is 0 Å². The number of ether oxygens (including phenoxy) is 3. The maximum Gasteiger partial charge on any atom is 0.255 e. The van der Waals surface area contributed by atoms with Crippen LogP contribution in [0.3, 0.4) is 0 Å². The zero-order chi connectivity index (χ0) is 25.9. The van der Waals surface area contributed by atoms with Gasteiger partial charge in [0, 0.05) is 22.5 Å². The van der Waals surface area contributed by atoms with Crippen LogP contribution in [0.5, 0.6) is 17.2 Å². The molecule has 9 nitrogen and oxygen atoms in total. The van der Waals surface area contributed by atoms with E-state index < -0.39 is 6.04 Å². The standard InChI is InChI=1S/C28H27N5O4/c1-17-23(27(34)30-19-9-6-5-7-10-19)24(21-11-8-12-22(36-3)25(21)37-4)33-28(29-17)31-26(32-33)18-13-15-20(35-2)16-14-18/h5-16,24H,1-4H3,(H,30,34)(H,29,31,32).